The van der Waals surface area contributed by atoms with Crippen molar-refractivity contribution in [3.05, 3.63) is 24.5 Å². The third-order valence-corrected chi connectivity index (χ3v) is 5.26. The monoisotopic (exact) mass is 348 g/mol. The molecule has 2 nitrogen and oxygen atoms in total. The van der Waals surface area contributed by atoms with Crippen LogP contribution >= 0.6 is 0 Å². The van der Waals surface area contributed by atoms with Crippen LogP contribution in [0.3, 0.4) is 0 Å². The van der Waals surface area contributed by atoms with Crippen LogP contribution in [0.15, 0.2) is 24.5 Å². The van der Waals surface area contributed by atoms with E-state index in [0.29, 0.717) is 18.1 Å². The summed E-state index contributed by atoms with van der Waals surface area (Å²) in [4.78, 5) is 12.0. The number of ether oxygens (including phenoxy) is 1. The number of esters is 1. The van der Waals surface area contributed by atoms with Crippen molar-refractivity contribution in [3.8, 4) is 0 Å². The highest BCUT2D eigenvalue weighted by Gasteiger charge is 2.34. The summed E-state index contributed by atoms with van der Waals surface area (Å²) >= 11 is 0. The molecule has 1 saturated heterocycles. The summed E-state index contributed by atoms with van der Waals surface area (Å²) in [5.41, 5.74) is 0. The van der Waals surface area contributed by atoms with E-state index in [4.69, 9.17) is 4.74 Å². The number of unbranched alkanes of at least 4 members (excludes halogenated alkanes) is 10. The normalized spacial score (nSPS) is 18.9. The van der Waals surface area contributed by atoms with E-state index in [-0.39, 0.29) is 11.9 Å². The molecule has 0 amide bonds. The average molecular weight is 349 g/mol. The van der Waals surface area contributed by atoms with Crippen molar-refractivity contribution >= 4 is 5.97 Å². The summed E-state index contributed by atoms with van der Waals surface area (Å²) < 4.78 is 5.17. The first-order valence-corrected chi connectivity index (χ1v) is 10.7. The highest BCUT2D eigenvalue weighted by Crippen LogP contribution is 2.33. The lowest BCUT2D eigenvalue weighted by atomic mass is 9.86. The lowest BCUT2D eigenvalue weighted by Gasteiger charge is -2.16. The predicted octanol–water partition coefficient (Wildman–Crippen LogP) is 7.35. The quantitative estimate of drug-likeness (QED) is 0.176. The lowest BCUT2D eigenvalue weighted by Crippen LogP contribution is -2.17. The van der Waals surface area contributed by atoms with Crippen LogP contribution in [0.2, 0.25) is 0 Å². The molecule has 0 aromatic rings. The summed E-state index contributed by atoms with van der Waals surface area (Å²) in [6, 6.07) is 0. The Kier molecular flexibility index (Phi) is 12.5. The van der Waals surface area contributed by atoms with Gasteiger partial charge in [0.05, 0.1) is 5.92 Å². The van der Waals surface area contributed by atoms with E-state index in [9.17, 15) is 4.79 Å². The number of allylic oxidation sites excluding steroid dienone is 3. The van der Waals surface area contributed by atoms with Crippen molar-refractivity contribution in [2.45, 2.75) is 104 Å². The van der Waals surface area contributed by atoms with Crippen LogP contribution in [0.1, 0.15) is 104 Å². The molecule has 25 heavy (non-hydrogen) atoms. The molecule has 2 atom stereocenters. The Morgan fingerprint density at radius 3 is 2.16 bits per heavy atom. The van der Waals surface area contributed by atoms with Crippen LogP contribution in [0, 0.1) is 11.8 Å². The van der Waals surface area contributed by atoms with E-state index in [1.54, 1.807) is 0 Å². The summed E-state index contributed by atoms with van der Waals surface area (Å²) in [5, 5.41) is 0. The standard InChI is InChI=1S/C23H40O2/c1-4-6-8-9-10-11-12-13-14-15-16-18-21(17-7-5-2)22-19-20(3)25-23(22)24/h16,18,21-22H,3-15,17,19H2,1-2H3/b18-16+. The third kappa shape index (κ3) is 9.87. The van der Waals surface area contributed by atoms with E-state index in [0.717, 1.165) is 12.8 Å². The van der Waals surface area contributed by atoms with E-state index < -0.39 is 0 Å². The fraction of sp³-hybridized carbons (Fsp3) is 0.783. The first kappa shape index (κ1) is 22.0. The highest BCUT2D eigenvalue weighted by atomic mass is 16.5. The molecule has 0 N–H and O–H groups in total. The van der Waals surface area contributed by atoms with Crippen LogP contribution < -0.4 is 0 Å². The second kappa shape index (κ2) is 14.2. The molecule has 2 heteroatoms. The Morgan fingerprint density at radius 2 is 1.60 bits per heavy atom. The van der Waals surface area contributed by atoms with Crippen LogP contribution in [-0.2, 0) is 9.53 Å². The molecule has 1 heterocycles. The van der Waals surface area contributed by atoms with E-state index in [1.807, 2.05) is 0 Å². The maximum Gasteiger partial charge on any atom is 0.315 e. The van der Waals surface area contributed by atoms with Gasteiger partial charge in [0, 0.05) is 6.42 Å². The number of cyclic esters (lactones) is 1. The summed E-state index contributed by atoms with van der Waals surface area (Å²) in [6.07, 6.45) is 22.2. The second-order valence-corrected chi connectivity index (χ2v) is 7.62. The van der Waals surface area contributed by atoms with Crippen molar-refractivity contribution in [1.29, 1.82) is 0 Å². The molecule has 1 fully saturated rings. The molecule has 0 spiro atoms. The molecule has 1 aliphatic rings. The van der Waals surface area contributed by atoms with Gasteiger partial charge >= 0.3 is 5.97 Å². The van der Waals surface area contributed by atoms with Crippen molar-refractivity contribution in [1.82, 2.24) is 0 Å². The van der Waals surface area contributed by atoms with Gasteiger partial charge in [-0.15, -0.1) is 0 Å². The first-order valence-electron chi connectivity index (χ1n) is 10.7. The van der Waals surface area contributed by atoms with Gasteiger partial charge in [0.15, 0.2) is 0 Å². The smallest absolute Gasteiger partial charge is 0.315 e. The minimum atomic E-state index is -0.0705. The minimum Gasteiger partial charge on any atom is -0.431 e. The highest BCUT2D eigenvalue weighted by molar-refractivity contribution is 5.77. The Bertz CT molecular complexity index is 397. The molecule has 144 valence electrons. The lowest BCUT2D eigenvalue weighted by molar-refractivity contribution is -0.140. The number of rotatable bonds is 15. The fourth-order valence-corrected chi connectivity index (χ4v) is 3.63. The summed E-state index contributed by atoms with van der Waals surface area (Å²) in [7, 11) is 0. The van der Waals surface area contributed by atoms with E-state index >= 15 is 0 Å². The molecular formula is C23H40O2. The molecule has 0 saturated carbocycles. The van der Waals surface area contributed by atoms with Crippen molar-refractivity contribution in [2.24, 2.45) is 11.8 Å². The van der Waals surface area contributed by atoms with Gasteiger partial charge in [0.25, 0.3) is 0 Å². The van der Waals surface area contributed by atoms with Gasteiger partial charge in [0.2, 0.25) is 0 Å². The van der Waals surface area contributed by atoms with Crippen LogP contribution in [0.25, 0.3) is 0 Å². The summed E-state index contributed by atoms with van der Waals surface area (Å²) in [6.45, 7) is 8.29. The molecule has 0 aromatic heterocycles. The van der Waals surface area contributed by atoms with Crippen LogP contribution in [0.4, 0.5) is 0 Å². The number of carbonyl (C=O) groups excluding carboxylic acids is 1. The predicted molar refractivity (Wildman–Crippen MR) is 107 cm³/mol. The molecule has 2 unspecified atom stereocenters. The molecule has 0 radical (unpaired) electrons. The van der Waals surface area contributed by atoms with Crippen LogP contribution in [0.5, 0.6) is 0 Å². The topological polar surface area (TPSA) is 26.3 Å². The Balaban J connectivity index is 2.17. The van der Waals surface area contributed by atoms with Gasteiger partial charge < -0.3 is 4.74 Å². The van der Waals surface area contributed by atoms with Gasteiger partial charge in [-0.3, -0.25) is 4.79 Å². The minimum absolute atomic E-state index is 0.00146. The molecule has 0 bridgehead atoms. The molecule has 0 aromatic carbocycles. The van der Waals surface area contributed by atoms with Gasteiger partial charge in [-0.2, -0.15) is 0 Å². The molecular weight excluding hydrogens is 308 g/mol. The largest absolute Gasteiger partial charge is 0.431 e. The van der Waals surface area contributed by atoms with Gasteiger partial charge in [-0.05, 0) is 25.2 Å². The number of hydrogen-bond donors (Lipinski definition) is 0. The zero-order valence-electron chi connectivity index (χ0n) is 16.7. The molecule has 0 aliphatic carbocycles. The maximum absolute atomic E-state index is 12.0. The second-order valence-electron chi connectivity index (χ2n) is 7.62. The molecule has 1 rings (SSSR count). The number of hydrogen-bond acceptors (Lipinski definition) is 2. The van der Waals surface area contributed by atoms with Crippen LogP contribution in [-0.4, -0.2) is 5.97 Å². The fourth-order valence-electron chi connectivity index (χ4n) is 3.63. The van der Waals surface area contributed by atoms with E-state index in [1.165, 1.54) is 70.6 Å². The van der Waals surface area contributed by atoms with Crippen molar-refractivity contribution in [2.75, 3.05) is 0 Å². The first-order chi connectivity index (χ1) is 12.2. The average Bonchev–Trinajstić information content (AvgIpc) is 2.93. The van der Waals surface area contributed by atoms with Gasteiger partial charge in [-0.25, -0.2) is 0 Å². The van der Waals surface area contributed by atoms with Gasteiger partial charge in [0.1, 0.15) is 5.76 Å². The Morgan fingerprint density at radius 1 is 1.00 bits per heavy atom. The zero-order chi connectivity index (χ0) is 18.3. The molecule has 1 aliphatic heterocycles. The number of carbonyl (C=O) groups is 1. The van der Waals surface area contributed by atoms with Crippen molar-refractivity contribution in [3.63, 3.8) is 0 Å². The van der Waals surface area contributed by atoms with Crippen molar-refractivity contribution < 1.29 is 9.53 Å². The van der Waals surface area contributed by atoms with E-state index in [2.05, 4.69) is 32.6 Å². The zero-order valence-corrected chi connectivity index (χ0v) is 16.7. The Hall–Kier alpha value is -1.05. The third-order valence-electron chi connectivity index (χ3n) is 5.26. The maximum atomic E-state index is 12.0. The van der Waals surface area contributed by atoms with Gasteiger partial charge in [-0.1, -0.05) is 96.8 Å². The summed E-state index contributed by atoms with van der Waals surface area (Å²) in [5.74, 6) is 0.895. The Labute approximate surface area is 156 Å². The SMILES string of the molecule is C=C1CC(C(/C=C/CCCCCCCCCCC)CCCC)C(=O)O1.